The Labute approximate surface area is 237 Å². The number of carbonyl (C=O) groups is 1. The van der Waals surface area contributed by atoms with Crippen LogP contribution in [-0.2, 0) is 11.1 Å². The molecule has 1 N–H and O–H groups in total. The number of alkyl halides is 3. The summed E-state index contributed by atoms with van der Waals surface area (Å²) in [6, 6.07) is 10.1. The van der Waals surface area contributed by atoms with E-state index in [0.29, 0.717) is 5.75 Å². The summed E-state index contributed by atoms with van der Waals surface area (Å²) in [4.78, 5) is 20.0. The molecule has 0 spiro atoms. The molecule has 42 heavy (non-hydrogen) atoms. The van der Waals surface area contributed by atoms with Gasteiger partial charge in [0.05, 0.1) is 18.9 Å². The number of halogens is 4. The summed E-state index contributed by atoms with van der Waals surface area (Å²) in [7, 11) is 1.39. The number of hydrogen-bond donors (Lipinski definition) is 1. The van der Waals surface area contributed by atoms with Crippen molar-refractivity contribution in [3.8, 4) is 28.5 Å². The molecule has 220 valence electrons. The molecule has 2 heterocycles. The van der Waals surface area contributed by atoms with Crippen LogP contribution in [0.25, 0.3) is 21.7 Å². The van der Waals surface area contributed by atoms with Gasteiger partial charge in [0.1, 0.15) is 29.4 Å². The number of carbonyl (C=O) groups excluding carboxylic acids is 1. The highest BCUT2D eigenvalue weighted by Crippen LogP contribution is 2.49. The lowest BCUT2D eigenvalue weighted by atomic mass is 9.86. The molecule has 1 aliphatic carbocycles. The van der Waals surface area contributed by atoms with Crippen LogP contribution in [0.15, 0.2) is 53.6 Å². The molecule has 2 aliphatic rings. The van der Waals surface area contributed by atoms with E-state index in [1.54, 1.807) is 0 Å². The first-order valence-corrected chi connectivity index (χ1v) is 13.1. The molecule has 9 nitrogen and oxygen atoms in total. The van der Waals surface area contributed by atoms with Crippen molar-refractivity contribution in [1.29, 1.82) is 0 Å². The number of hydrogen-bond acceptors (Lipinski definition) is 7. The number of pyridine rings is 1. The number of rotatable bonds is 10. The molecule has 0 amide bonds. The van der Waals surface area contributed by atoms with Gasteiger partial charge in [0.25, 0.3) is 0 Å². The van der Waals surface area contributed by atoms with Gasteiger partial charge < -0.3 is 19.3 Å². The first-order valence-electron chi connectivity index (χ1n) is 13.1. The summed E-state index contributed by atoms with van der Waals surface area (Å²) in [5, 5.41) is 14.9. The van der Waals surface area contributed by atoms with Crippen molar-refractivity contribution in [2.45, 2.75) is 56.0 Å². The smallest absolute Gasteiger partial charge is 0.422 e. The summed E-state index contributed by atoms with van der Waals surface area (Å²) in [5.74, 6) is -0.525. The Morgan fingerprint density at radius 1 is 1.19 bits per heavy atom. The molecule has 1 aromatic heterocycles. The Balaban J connectivity index is 1.53. The minimum atomic E-state index is -5.26. The minimum Gasteiger partial charge on any atom is -0.493 e. The number of aliphatic hydroxyl groups is 1. The molecule has 0 unspecified atom stereocenters. The van der Waals surface area contributed by atoms with Crippen molar-refractivity contribution < 1.29 is 41.7 Å². The largest absolute Gasteiger partial charge is 0.493 e. The zero-order chi connectivity index (χ0) is 30.3. The lowest BCUT2D eigenvalue weighted by molar-refractivity contribution is -0.270. The Bertz CT molecular complexity index is 1570. The Morgan fingerprint density at radius 2 is 1.90 bits per heavy atom. The first kappa shape index (κ1) is 29.2. The fourth-order valence-corrected chi connectivity index (χ4v) is 4.72. The van der Waals surface area contributed by atoms with Crippen LogP contribution >= 0.6 is 0 Å². The number of benzene rings is 2. The minimum absolute atomic E-state index is 0.0430. The lowest BCUT2D eigenvalue weighted by Gasteiger charge is -2.31. The Hall–Kier alpha value is -4.35. The van der Waals surface area contributed by atoms with Crippen molar-refractivity contribution >= 4 is 5.78 Å². The number of azide groups is 1. The topological polar surface area (TPSA) is 127 Å². The summed E-state index contributed by atoms with van der Waals surface area (Å²) in [6.07, 6.45) is -5.17. The molecule has 5 rings (SSSR count). The zero-order valence-electron chi connectivity index (χ0n) is 22.6. The van der Waals surface area contributed by atoms with E-state index < -0.39 is 47.5 Å². The monoisotopic (exact) mass is 586 g/mol. The summed E-state index contributed by atoms with van der Waals surface area (Å²) >= 11 is 0. The van der Waals surface area contributed by atoms with E-state index in [2.05, 4.69) is 15.0 Å². The van der Waals surface area contributed by atoms with Crippen molar-refractivity contribution in [3.63, 3.8) is 0 Å². The van der Waals surface area contributed by atoms with Crippen molar-refractivity contribution in [2.24, 2.45) is 5.11 Å². The quantitative estimate of drug-likeness (QED) is 0.0919. The second-order valence-electron chi connectivity index (χ2n) is 10.5. The van der Waals surface area contributed by atoms with Gasteiger partial charge in [-0.05, 0) is 80.2 Å². The fraction of sp³-hybridized carbons (Fsp3) is 0.379. The maximum absolute atomic E-state index is 14.6. The average molecular weight is 587 g/mol. The molecule has 1 aliphatic heterocycles. The highest BCUT2D eigenvalue weighted by molar-refractivity contribution is 5.96. The third kappa shape index (κ3) is 5.45. The molecule has 0 bridgehead atoms. The van der Waals surface area contributed by atoms with Crippen LogP contribution in [0.3, 0.4) is 0 Å². The van der Waals surface area contributed by atoms with E-state index >= 15 is 0 Å². The van der Waals surface area contributed by atoms with Gasteiger partial charge >= 0.3 is 6.18 Å². The summed E-state index contributed by atoms with van der Waals surface area (Å²) in [6.45, 7) is 1.27. The molecule has 1 fully saturated rings. The first-order chi connectivity index (χ1) is 19.9. The predicted octanol–water partition coefficient (Wildman–Crippen LogP) is 6.77. The van der Waals surface area contributed by atoms with Crippen LogP contribution in [-0.4, -0.2) is 41.9 Å². The predicted molar refractivity (Wildman–Crippen MR) is 142 cm³/mol. The van der Waals surface area contributed by atoms with E-state index in [1.165, 1.54) is 44.4 Å². The highest BCUT2D eigenvalue weighted by Gasteiger charge is 2.57. The van der Waals surface area contributed by atoms with Crippen LogP contribution in [0.4, 0.5) is 17.6 Å². The van der Waals surface area contributed by atoms with Gasteiger partial charge in [0, 0.05) is 28.0 Å². The third-order valence-electron chi connectivity index (χ3n) is 7.34. The fourth-order valence-electron chi connectivity index (χ4n) is 4.72. The second kappa shape index (κ2) is 10.8. The molecular weight excluding hydrogens is 560 g/mol. The van der Waals surface area contributed by atoms with Crippen molar-refractivity contribution in [2.75, 3.05) is 13.7 Å². The number of ether oxygens (including phenoxy) is 3. The van der Waals surface area contributed by atoms with Gasteiger partial charge in [-0.15, -0.1) is 0 Å². The van der Waals surface area contributed by atoms with Gasteiger partial charge in [0.2, 0.25) is 5.60 Å². The van der Waals surface area contributed by atoms with E-state index in [9.17, 15) is 27.5 Å². The second-order valence-corrected chi connectivity index (χ2v) is 10.5. The SMILES string of the molecule is COc1cc(C(=O)CC[C@](O)(c2cc3c(c(-c4ccc(F)cc4)n2)OC[C@]3(C)N=[N+]=[N-])C(F)(F)F)ccc1OC1CC1. The number of ketones is 1. The molecule has 2 aromatic carbocycles. The van der Waals surface area contributed by atoms with Gasteiger partial charge in [-0.2, -0.15) is 13.2 Å². The third-order valence-corrected chi connectivity index (χ3v) is 7.34. The molecule has 0 radical (unpaired) electrons. The summed E-state index contributed by atoms with van der Waals surface area (Å²) in [5.41, 5.74) is 3.54. The number of fused-ring (bicyclic) bond motifs is 1. The van der Waals surface area contributed by atoms with E-state index in [1.807, 2.05) is 0 Å². The average Bonchev–Trinajstić information content (AvgIpc) is 3.72. The van der Waals surface area contributed by atoms with E-state index in [0.717, 1.165) is 31.0 Å². The number of Topliss-reactive ketones (excluding diaryl/α,β-unsaturated/α-hetero) is 1. The van der Waals surface area contributed by atoms with Crippen LogP contribution in [0, 0.1) is 5.82 Å². The normalized spacial score (nSPS) is 19.2. The van der Waals surface area contributed by atoms with Gasteiger partial charge in [-0.1, -0.05) is 5.11 Å². The molecular formula is C29H26F4N4O5. The van der Waals surface area contributed by atoms with E-state index in [-0.39, 0.29) is 46.6 Å². The standard InChI is InChI=1S/C29H26F4N4O5/c1-27(36-37-34)15-41-26-20(27)14-24(35-25(26)16-3-6-18(30)7-4-16)28(39,29(31,32)33)12-11-21(38)17-5-10-22(23(13-17)40-2)42-19-8-9-19/h3-7,10,13-14,19,39H,8-9,11-12,15H2,1-2H3/t27-,28-/m0/s1. The molecule has 3 aromatic rings. The van der Waals surface area contributed by atoms with Gasteiger partial charge in [0.15, 0.2) is 17.3 Å². The number of methoxy groups -OCH3 is 1. The van der Waals surface area contributed by atoms with Crippen LogP contribution in [0.5, 0.6) is 17.2 Å². The van der Waals surface area contributed by atoms with Crippen LogP contribution in [0.1, 0.15) is 54.2 Å². The molecule has 0 saturated heterocycles. The highest BCUT2D eigenvalue weighted by atomic mass is 19.4. The Morgan fingerprint density at radius 3 is 2.52 bits per heavy atom. The zero-order valence-corrected chi connectivity index (χ0v) is 22.6. The lowest BCUT2D eigenvalue weighted by Crippen LogP contribution is -2.43. The maximum atomic E-state index is 14.6. The number of nitrogens with zero attached hydrogens (tertiary/aromatic N) is 4. The molecule has 13 heteroatoms. The van der Waals surface area contributed by atoms with Crippen molar-refractivity contribution in [3.05, 3.63) is 81.6 Å². The van der Waals surface area contributed by atoms with Crippen molar-refractivity contribution in [1.82, 2.24) is 4.98 Å². The van der Waals surface area contributed by atoms with Gasteiger partial charge in [-0.3, -0.25) is 4.79 Å². The van der Waals surface area contributed by atoms with E-state index in [4.69, 9.17) is 19.7 Å². The summed E-state index contributed by atoms with van der Waals surface area (Å²) < 4.78 is 74.2. The number of aromatic nitrogens is 1. The van der Waals surface area contributed by atoms with Gasteiger partial charge in [-0.25, -0.2) is 9.37 Å². The molecule has 1 saturated carbocycles. The molecule has 2 atom stereocenters. The maximum Gasteiger partial charge on any atom is 0.422 e. The Kier molecular flexibility index (Phi) is 7.50. The van der Waals surface area contributed by atoms with Crippen LogP contribution in [0.2, 0.25) is 0 Å². The van der Waals surface area contributed by atoms with Crippen LogP contribution < -0.4 is 14.2 Å².